The van der Waals surface area contributed by atoms with E-state index in [1.807, 2.05) is 12.1 Å². The Kier molecular flexibility index (Phi) is 2.69. The third-order valence-electron chi connectivity index (χ3n) is 2.53. The summed E-state index contributed by atoms with van der Waals surface area (Å²) < 4.78 is 0. The lowest BCUT2D eigenvalue weighted by Gasteiger charge is -2.05. The Balaban J connectivity index is 2.46. The lowest BCUT2D eigenvalue weighted by Crippen LogP contribution is -1.90. The van der Waals surface area contributed by atoms with Crippen LogP contribution in [0.4, 0.5) is 0 Å². The van der Waals surface area contributed by atoms with Crippen molar-refractivity contribution in [2.45, 2.75) is 19.3 Å². The van der Waals surface area contributed by atoms with Gasteiger partial charge in [-0.3, -0.25) is 4.79 Å². The molecule has 0 radical (unpaired) electrons. The first-order valence-electron chi connectivity index (χ1n) is 4.75. The van der Waals surface area contributed by atoms with Crippen LogP contribution in [-0.4, -0.2) is 6.29 Å². The molecule has 0 unspecified atom stereocenters. The van der Waals surface area contributed by atoms with Crippen molar-refractivity contribution in [1.82, 2.24) is 0 Å². The number of hydrogen-bond acceptors (Lipinski definition) is 1. The maximum absolute atomic E-state index is 10.9. The predicted molar refractivity (Wildman–Crippen MR) is 58.7 cm³/mol. The van der Waals surface area contributed by atoms with Gasteiger partial charge in [0.25, 0.3) is 0 Å². The van der Waals surface area contributed by atoms with Gasteiger partial charge in [0.05, 0.1) is 0 Å². The number of benzene rings is 1. The quantitative estimate of drug-likeness (QED) is 0.674. The Morgan fingerprint density at radius 2 is 2.21 bits per heavy atom. The average Bonchev–Trinajstić information content (AvgIpc) is 2.70. The number of allylic oxidation sites excluding steroid dienone is 2. The van der Waals surface area contributed by atoms with Crippen molar-refractivity contribution in [2.75, 3.05) is 0 Å². The van der Waals surface area contributed by atoms with Gasteiger partial charge in [-0.25, -0.2) is 0 Å². The van der Waals surface area contributed by atoms with E-state index < -0.39 is 0 Å². The van der Waals surface area contributed by atoms with Crippen LogP contribution in [0, 0.1) is 0 Å². The summed E-state index contributed by atoms with van der Waals surface area (Å²) in [7, 11) is 0. The maximum Gasteiger partial charge on any atom is 0.150 e. The molecule has 72 valence electrons. The lowest BCUT2D eigenvalue weighted by molar-refractivity contribution is 0.112. The van der Waals surface area contributed by atoms with Crippen LogP contribution in [0.2, 0.25) is 5.02 Å². The molecule has 1 aliphatic carbocycles. The SMILES string of the molecule is O=Cc1cc(Cl)ccc1C1=CCCC1. The topological polar surface area (TPSA) is 17.1 Å². The molecule has 1 aromatic carbocycles. The normalized spacial score (nSPS) is 15.4. The molecule has 0 saturated carbocycles. The summed E-state index contributed by atoms with van der Waals surface area (Å²) in [6.45, 7) is 0. The molecular weight excluding hydrogens is 196 g/mol. The summed E-state index contributed by atoms with van der Waals surface area (Å²) in [6.07, 6.45) is 6.46. The van der Waals surface area contributed by atoms with Gasteiger partial charge < -0.3 is 0 Å². The summed E-state index contributed by atoms with van der Waals surface area (Å²) in [4.78, 5) is 10.9. The minimum Gasteiger partial charge on any atom is -0.298 e. The lowest BCUT2D eigenvalue weighted by atomic mass is 10.0. The van der Waals surface area contributed by atoms with Gasteiger partial charge in [0.2, 0.25) is 0 Å². The first kappa shape index (κ1) is 9.47. The molecule has 0 fully saturated rings. The van der Waals surface area contributed by atoms with Gasteiger partial charge in [-0.2, -0.15) is 0 Å². The van der Waals surface area contributed by atoms with Gasteiger partial charge in [-0.15, -0.1) is 0 Å². The molecule has 0 bridgehead atoms. The third-order valence-corrected chi connectivity index (χ3v) is 2.76. The summed E-state index contributed by atoms with van der Waals surface area (Å²) >= 11 is 5.82. The highest BCUT2D eigenvalue weighted by Gasteiger charge is 2.11. The van der Waals surface area contributed by atoms with Crippen LogP contribution in [0.3, 0.4) is 0 Å². The highest BCUT2D eigenvalue weighted by atomic mass is 35.5. The molecule has 0 spiro atoms. The van der Waals surface area contributed by atoms with Crippen molar-refractivity contribution in [3.05, 3.63) is 40.4 Å². The van der Waals surface area contributed by atoms with Gasteiger partial charge in [-0.1, -0.05) is 23.7 Å². The third kappa shape index (κ3) is 1.73. The van der Waals surface area contributed by atoms with E-state index in [9.17, 15) is 4.79 Å². The van der Waals surface area contributed by atoms with Crippen LogP contribution in [0.5, 0.6) is 0 Å². The van der Waals surface area contributed by atoms with Gasteiger partial charge >= 0.3 is 0 Å². The van der Waals surface area contributed by atoms with Crippen molar-refractivity contribution >= 4 is 23.5 Å². The molecule has 1 nitrogen and oxygen atoms in total. The van der Waals surface area contributed by atoms with E-state index in [2.05, 4.69) is 6.08 Å². The largest absolute Gasteiger partial charge is 0.298 e. The number of halogens is 1. The Morgan fingerprint density at radius 3 is 2.86 bits per heavy atom. The van der Waals surface area contributed by atoms with E-state index in [1.54, 1.807) is 6.07 Å². The Bertz CT molecular complexity index is 393. The van der Waals surface area contributed by atoms with E-state index in [1.165, 1.54) is 12.0 Å². The van der Waals surface area contributed by atoms with Crippen molar-refractivity contribution in [3.8, 4) is 0 Å². The van der Waals surface area contributed by atoms with E-state index in [4.69, 9.17) is 11.6 Å². The highest BCUT2D eigenvalue weighted by molar-refractivity contribution is 6.30. The van der Waals surface area contributed by atoms with Crippen LogP contribution < -0.4 is 0 Å². The van der Waals surface area contributed by atoms with E-state index in [-0.39, 0.29) is 0 Å². The minimum atomic E-state index is 0.620. The maximum atomic E-state index is 10.9. The van der Waals surface area contributed by atoms with Crippen LogP contribution in [-0.2, 0) is 0 Å². The molecule has 2 rings (SSSR count). The number of carbonyl (C=O) groups excluding carboxylic acids is 1. The predicted octanol–water partition coefficient (Wildman–Crippen LogP) is 3.72. The fourth-order valence-electron chi connectivity index (χ4n) is 1.84. The first-order chi connectivity index (χ1) is 6.81. The molecule has 0 saturated heterocycles. The second-order valence-electron chi connectivity index (χ2n) is 3.47. The van der Waals surface area contributed by atoms with E-state index >= 15 is 0 Å². The van der Waals surface area contributed by atoms with Gasteiger partial charge in [0.15, 0.2) is 6.29 Å². The zero-order valence-electron chi connectivity index (χ0n) is 7.79. The first-order valence-corrected chi connectivity index (χ1v) is 5.13. The fraction of sp³-hybridized carbons (Fsp3) is 0.250. The summed E-state index contributed by atoms with van der Waals surface area (Å²) in [6, 6.07) is 5.50. The van der Waals surface area contributed by atoms with Crippen molar-refractivity contribution < 1.29 is 4.79 Å². The Hall–Kier alpha value is -1.08. The van der Waals surface area contributed by atoms with E-state index in [0.717, 1.165) is 24.7 Å². The summed E-state index contributed by atoms with van der Waals surface area (Å²) in [5, 5.41) is 0.620. The molecule has 0 aliphatic heterocycles. The minimum absolute atomic E-state index is 0.620. The summed E-state index contributed by atoms with van der Waals surface area (Å²) in [5.41, 5.74) is 3.02. The molecule has 0 aromatic heterocycles. The molecule has 1 aliphatic rings. The highest BCUT2D eigenvalue weighted by Crippen LogP contribution is 2.30. The van der Waals surface area contributed by atoms with Crippen LogP contribution >= 0.6 is 11.6 Å². The molecular formula is C12H11ClO. The number of carbonyl (C=O) groups is 1. The zero-order chi connectivity index (χ0) is 9.97. The molecule has 0 atom stereocenters. The average molecular weight is 207 g/mol. The van der Waals surface area contributed by atoms with Crippen LogP contribution in [0.15, 0.2) is 24.3 Å². The Morgan fingerprint density at radius 1 is 1.36 bits per heavy atom. The number of hydrogen-bond donors (Lipinski definition) is 0. The van der Waals surface area contributed by atoms with Crippen LogP contribution in [0.25, 0.3) is 5.57 Å². The second kappa shape index (κ2) is 3.97. The molecule has 0 N–H and O–H groups in total. The van der Waals surface area contributed by atoms with E-state index in [0.29, 0.717) is 10.6 Å². The smallest absolute Gasteiger partial charge is 0.150 e. The molecule has 0 amide bonds. The second-order valence-corrected chi connectivity index (χ2v) is 3.91. The van der Waals surface area contributed by atoms with Gasteiger partial charge in [0.1, 0.15) is 0 Å². The number of aldehydes is 1. The van der Waals surface area contributed by atoms with Crippen molar-refractivity contribution in [2.24, 2.45) is 0 Å². The molecule has 14 heavy (non-hydrogen) atoms. The van der Waals surface area contributed by atoms with Gasteiger partial charge in [0, 0.05) is 10.6 Å². The number of rotatable bonds is 2. The van der Waals surface area contributed by atoms with Crippen molar-refractivity contribution in [3.63, 3.8) is 0 Å². The van der Waals surface area contributed by atoms with Gasteiger partial charge in [-0.05, 0) is 42.5 Å². The van der Waals surface area contributed by atoms with Crippen molar-refractivity contribution in [1.29, 1.82) is 0 Å². The monoisotopic (exact) mass is 206 g/mol. The summed E-state index contributed by atoms with van der Waals surface area (Å²) in [5.74, 6) is 0. The molecule has 2 heteroatoms. The molecule has 0 heterocycles. The van der Waals surface area contributed by atoms with Crippen LogP contribution in [0.1, 0.15) is 35.2 Å². The standard InChI is InChI=1S/C12H11ClO/c13-11-5-6-12(10(7-11)8-14)9-3-1-2-4-9/h3,5-8H,1-2,4H2. The Labute approximate surface area is 88.4 Å². The molecule has 1 aromatic rings. The fourth-order valence-corrected chi connectivity index (χ4v) is 2.02. The zero-order valence-corrected chi connectivity index (χ0v) is 8.55.